The number of nitrogens with one attached hydrogen (secondary N) is 1. The number of thiophene rings is 1. The van der Waals surface area contributed by atoms with Crippen LogP contribution in [0.2, 0.25) is 8.67 Å². The Balaban J connectivity index is 2.33. The first-order valence-corrected chi connectivity index (χ1v) is 8.23. The van der Waals surface area contributed by atoms with E-state index in [0.29, 0.717) is 34.4 Å². The van der Waals surface area contributed by atoms with E-state index >= 15 is 0 Å². The topological polar surface area (TPSA) is 66.4 Å². The molecule has 21 heavy (non-hydrogen) atoms. The molecule has 4 nitrogen and oxygen atoms in total. The van der Waals surface area contributed by atoms with Gasteiger partial charge in [0.15, 0.2) is 0 Å². The van der Waals surface area contributed by atoms with Crippen LogP contribution in [-0.2, 0) is 16.0 Å². The summed E-state index contributed by atoms with van der Waals surface area (Å²) >= 11 is 13.2. The van der Waals surface area contributed by atoms with E-state index in [2.05, 4.69) is 5.32 Å². The number of carbonyl (C=O) groups excluding carboxylic acids is 1. The first-order chi connectivity index (χ1) is 9.69. The molecule has 0 aromatic carbocycles. The van der Waals surface area contributed by atoms with Crippen molar-refractivity contribution in [2.24, 2.45) is 0 Å². The summed E-state index contributed by atoms with van der Waals surface area (Å²) in [6, 6.07) is 1.82. The van der Waals surface area contributed by atoms with Crippen molar-refractivity contribution in [3.63, 3.8) is 0 Å². The first kappa shape index (κ1) is 18.3. The lowest BCUT2D eigenvalue weighted by molar-refractivity contribution is -0.137. The fraction of sp³-hybridized carbons (Fsp3) is 0.571. The number of carboxylic acids is 1. The number of aliphatic carboxylic acids is 1. The predicted molar refractivity (Wildman–Crippen MR) is 86.4 cm³/mol. The molecule has 0 aliphatic rings. The van der Waals surface area contributed by atoms with Gasteiger partial charge in [0.25, 0.3) is 0 Å². The van der Waals surface area contributed by atoms with Gasteiger partial charge in [-0.25, -0.2) is 0 Å². The van der Waals surface area contributed by atoms with Crippen molar-refractivity contribution in [3.8, 4) is 0 Å². The predicted octanol–water partition coefficient (Wildman–Crippen LogP) is 4.14. The molecule has 0 aliphatic heterocycles. The van der Waals surface area contributed by atoms with Gasteiger partial charge in [-0.1, -0.05) is 23.2 Å². The van der Waals surface area contributed by atoms with Crippen LogP contribution in [-0.4, -0.2) is 22.5 Å². The van der Waals surface area contributed by atoms with Crippen LogP contribution in [0.4, 0.5) is 0 Å². The number of rotatable bonds is 8. The molecule has 7 heteroatoms. The molecule has 1 rings (SSSR count). The van der Waals surface area contributed by atoms with E-state index in [-0.39, 0.29) is 12.3 Å². The van der Waals surface area contributed by atoms with Gasteiger partial charge in [-0.2, -0.15) is 0 Å². The monoisotopic (exact) mass is 351 g/mol. The largest absolute Gasteiger partial charge is 0.481 e. The Bertz CT molecular complexity index is 514. The SMILES string of the molecule is CC(C)(CCC(=O)O)NC(=O)CCCc1cc(Cl)sc1Cl. The number of amides is 1. The molecule has 1 aromatic rings. The quantitative estimate of drug-likeness (QED) is 0.739. The Kier molecular flexibility index (Phi) is 6.97. The maximum Gasteiger partial charge on any atom is 0.303 e. The van der Waals surface area contributed by atoms with Crippen molar-refractivity contribution in [2.75, 3.05) is 0 Å². The summed E-state index contributed by atoms with van der Waals surface area (Å²) in [4.78, 5) is 22.4. The van der Waals surface area contributed by atoms with E-state index in [0.717, 1.165) is 5.56 Å². The normalized spacial score (nSPS) is 11.4. The summed E-state index contributed by atoms with van der Waals surface area (Å²) < 4.78 is 1.32. The van der Waals surface area contributed by atoms with Crippen LogP contribution < -0.4 is 5.32 Å². The maximum absolute atomic E-state index is 11.9. The Morgan fingerprint density at radius 1 is 1.33 bits per heavy atom. The molecule has 0 bridgehead atoms. The van der Waals surface area contributed by atoms with E-state index in [1.54, 1.807) is 0 Å². The molecular weight excluding hydrogens is 333 g/mol. The van der Waals surface area contributed by atoms with Crippen LogP contribution in [0.1, 0.15) is 45.1 Å². The molecule has 0 unspecified atom stereocenters. The smallest absolute Gasteiger partial charge is 0.303 e. The highest BCUT2D eigenvalue weighted by Crippen LogP contribution is 2.32. The molecule has 0 atom stereocenters. The van der Waals surface area contributed by atoms with E-state index < -0.39 is 11.5 Å². The lowest BCUT2D eigenvalue weighted by Crippen LogP contribution is -2.43. The maximum atomic E-state index is 11.9. The van der Waals surface area contributed by atoms with Gasteiger partial charge in [-0.05, 0) is 44.7 Å². The van der Waals surface area contributed by atoms with Gasteiger partial charge >= 0.3 is 5.97 Å². The van der Waals surface area contributed by atoms with Crippen LogP contribution in [0.3, 0.4) is 0 Å². The zero-order valence-corrected chi connectivity index (χ0v) is 14.4. The fourth-order valence-electron chi connectivity index (χ4n) is 1.91. The second kappa shape index (κ2) is 8.01. The Morgan fingerprint density at radius 3 is 2.52 bits per heavy atom. The number of halogens is 2. The average molecular weight is 352 g/mol. The Morgan fingerprint density at radius 2 is 2.00 bits per heavy atom. The molecule has 0 spiro atoms. The molecule has 118 valence electrons. The third-order valence-electron chi connectivity index (χ3n) is 3.02. The number of hydrogen-bond donors (Lipinski definition) is 2. The highest BCUT2D eigenvalue weighted by Gasteiger charge is 2.21. The van der Waals surface area contributed by atoms with Gasteiger partial charge in [0.1, 0.15) is 0 Å². The Hall–Kier alpha value is -0.780. The van der Waals surface area contributed by atoms with Crippen LogP contribution in [0.25, 0.3) is 0 Å². The lowest BCUT2D eigenvalue weighted by Gasteiger charge is -2.25. The summed E-state index contributed by atoms with van der Waals surface area (Å²) in [5.74, 6) is -0.941. The van der Waals surface area contributed by atoms with Crippen LogP contribution in [0, 0.1) is 0 Å². The second-order valence-corrected chi connectivity index (χ2v) is 7.81. The Labute approximate surface area is 138 Å². The van der Waals surface area contributed by atoms with Crippen molar-refractivity contribution in [1.82, 2.24) is 5.32 Å². The van der Waals surface area contributed by atoms with Crippen LogP contribution in [0.15, 0.2) is 6.07 Å². The average Bonchev–Trinajstić information content (AvgIpc) is 2.65. The summed E-state index contributed by atoms with van der Waals surface area (Å²) in [6.07, 6.45) is 2.19. The van der Waals surface area contributed by atoms with Gasteiger partial charge in [0.2, 0.25) is 5.91 Å². The molecule has 1 amide bonds. The highest BCUT2D eigenvalue weighted by molar-refractivity contribution is 7.20. The van der Waals surface area contributed by atoms with Crippen LogP contribution in [0.5, 0.6) is 0 Å². The molecule has 1 heterocycles. The second-order valence-electron chi connectivity index (χ2n) is 5.53. The van der Waals surface area contributed by atoms with Crippen molar-refractivity contribution >= 4 is 46.4 Å². The van der Waals surface area contributed by atoms with Crippen molar-refractivity contribution in [2.45, 2.75) is 51.5 Å². The standard InChI is InChI=1S/C14H19Cl2NO3S/c1-14(2,7-6-12(19)20)17-11(18)5-3-4-9-8-10(15)21-13(9)16/h8H,3-7H2,1-2H3,(H,17,18)(H,19,20). The third-order valence-corrected chi connectivity index (χ3v) is 4.59. The number of hydrogen-bond acceptors (Lipinski definition) is 3. The summed E-state index contributed by atoms with van der Waals surface area (Å²) in [5.41, 5.74) is 0.448. The molecule has 2 N–H and O–H groups in total. The third kappa shape index (κ3) is 7.16. The lowest BCUT2D eigenvalue weighted by atomic mass is 9.98. The summed E-state index contributed by atoms with van der Waals surface area (Å²) in [5, 5.41) is 11.5. The molecule has 0 fully saturated rings. The minimum Gasteiger partial charge on any atom is -0.481 e. The number of carboxylic acid groups (broad SMARTS) is 1. The van der Waals surface area contributed by atoms with Crippen molar-refractivity contribution in [1.29, 1.82) is 0 Å². The van der Waals surface area contributed by atoms with Crippen molar-refractivity contribution < 1.29 is 14.7 Å². The van der Waals surface area contributed by atoms with Gasteiger partial charge in [-0.3, -0.25) is 9.59 Å². The van der Waals surface area contributed by atoms with Crippen LogP contribution >= 0.6 is 34.5 Å². The van der Waals surface area contributed by atoms with Gasteiger partial charge < -0.3 is 10.4 Å². The van der Waals surface area contributed by atoms with Crippen molar-refractivity contribution in [3.05, 3.63) is 20.3 Å². The number of carbonyl (C=O) groups is 2. The van der Waals surface area contributed by atoms with E-state index in [1.165, 1.54) is 11.3 Å². The molecule has 0 aliphatic carbocycles. The molecule has 0 saturated heterocycles. The minimum absolute atomic E-state index is 0.0380. The molecular formula is C14H19Cl2NO3S. The minimum atomic E-state index is -0.860. The highest BCUT2D eigenvalue weighted by atomic mass is 35.5. The zero-order chi connectivity index (χ0) is 16.0. The van der Waals surface area contributed by atoms with Gasteiger partial charge in [-0.15, -0.1) is 11.3 Å². The first-order valence-electron chi connectivity index (χ1n) is 6.66. The summed E-state index contributed by atoms with van der Waals surface area (Å²) in [7, 11) is 0. The molecule has 0 radical (unpaired) electrons. The fourth-order valence-corrected chi connectivity index (χ4v) is 3.45. The van der Waals surface area contributed by atoms with Gasteiger partial charge in [0, 0.05) is 18.4 Å². The van der Waals surface area contributed by atoms with E-state index in [9.17, 15) is 9.59 Å². The summed E-state index contributed by atoms with van der Waals surface area (Å²) in [6.45, 7) is 3.65. The molecule has 1 aromatic heterocycles. The zero-order valence-electron chi connectivity index (χ0n) is 12.0. The van der Waals surface area contributed by atoms with E-state index in [4.69, 9.17) is 28.3 Å². The number of aryl methyl sites for hydroxylation is 1. The van der Waals surface area contributed by atoms with Gasteiger partial charge in [0.05, 0.1) is 8.67 Å². The van der Waals surface area contributed by atoms with E-state index in [1.807, 2.05) is 19.9 Å². The molecule has 0 saturated carbocycles.